The summed E-state index contributed by atoms with van der Waals surface area (Å²) in [6.45, 7) is 1.86. The van der Waals surface area contributed by atoms with Crippen LogP contribution >= 0.6 is 35.0 Å². The van der Waals surface area contributed by atoms with E-state index in [0.717, 1.165) is 11.4 Å². The number of carbonyl (C=O) groups excluding carboxylic acids is 1. The maximum absolute atomic E-state index is 13.0. The summed E-state index contributed by atoms with van der Waals surface area (Å²) in [6, 6.07) is 14.4. The van der Waals surface area contributed by atoms with Gasteiger partial charge in [-0.05, 0) is 30.7 Å². The maximum atomic E-state index is 13.0. The van der Waals surface area contributed by atoms with E-state index in [9.17, 15) is 4.79 Å². The van der Waals surface area contributed by atoms with E-state index in [1.807, 2.05) is 48.9 Å². The number of thioether (sulfide) groups is 1. The second-order valence-electron chi connectivity index (χ2n) is 5.64. The third-order valence-corrected chi connectivity index (χ3v) is 5.47. The van der Waals surface area contributed by atoms with Crippen molar-refractivity contribution in [3.63, 3.8) is 0 Å². The molecule has 0 aliphatic heterocycles. The highest BCUT2D eigenvalue weighted by molar-refractivity contribution is 8.00. The zero-order chi connectivity index (χ0) is 18.7. The molecule has 0 radical (unpaired) electrons. The Morgan fingerprint density at radius 2 is 1.77 bits per heavy atom. The molecule has 1 aromatic heterocycles. The van der Waals surface area contributed by atoms with Gasteiger partial charge in [-0.15, -0.1) is 10.2 Å². The average Bonchev–Trinajstić information content (AvgIpc) is 2.91. The van der Waals surface area contributed by atoms with E-state index in [2.05, 4.69) is 15.5 Å². The molecule has 1 amide bonds. The minimum absolute atomic E-state index is 0.194. The lowest BCUT2D eigenvalue weighted by Gasteiger charge is -2.17. The third-order valence-electron chi connectivity index (χ3n) is 3.75. The number of halogens is 2. The molecule has 0 saturated carbocycles. The van der Waals surface area contributed by atoms with Gasteiger partial charge in [0.15, 0.2) is 5.16 Å². The topological polar surface area (TPSA) is 59.8 Å². The lowest BCUT2D eigenvalue weighted by molar-refractivity contribution is -0.115. The number of aryl methyl sites for hydroxylation is 1. The molecule has 0 aliphatic rings. The molecule has 3 aromatic rings. The van der Waals surface area contributed by atoms with Crippen molar-refractivity contribution in [1.29, 1.82) is 0 Å². The Labute approximate surface area is 165 Å². The first-order valence-electron chi connectivity index (χ1n) is 7.78. The predicted molar refractivity (Wildman–Crippen MR) is 106 cm³/mol. The third kappa shape index (κ3) is 4.38. The number of anilines is 1. The first-order chi connectivity index (χ1) is 12.4. The zero-order valence-electron chi connectivity index (χ0n) is 14.1. The summed E-state index contributed by atoms with van der Waals surface area (Å²) in [4.78, 5) is 13.0. The van der Waals surface area contributed by atoms with Gasteiger partial charge in [-0.3, -0.25) is 4.79 Å². The van der Waals surface area contributed by atoms with Crippen molar-refractivity contribution < 1.29 is 4.79 Å². The van der Waals surface area contributed by atoms with Crippen LogP contribution in [0.1, 0.15) is 16.6 Å². The van der Waals surface area contributed by atoms with Crippen molar-refractivity contribution in [3.8, 4) is 0 Å². The van der Waals surface area contributed by atoms with Gasteiger partial charge in [-0.1, -0.05) is 65.3 Å². The van der Waals surface area contributed by atoms with Gasteiger partial charge in [0.2, 0.25) is 5.91 Å². The van der Waals surface area contributed by atoms with Gasteiger partial charge in [-0.25, -0.2) is 0 Å². The highest BCUT2D eigenvalue weighted by Gasteiger charge is 2.25. The van der Waals surface area contributed by atoms with Gasteiger partial charge < -0.3 is 9.88 Å². The Hall–Kier alpha value is -2.02. The number of hydrogen-bond donors (Lipinski definition) is 1. The molecule has 0 unspecified atom stereocenters. The summed E-state index contributed by atoms with van der Waals surface area (Å²) in [6.07, 6.45) is 0. The van der Waals surface area contributed by atoms with Gasteiger partial charge >= 0.3 is 0 Å². The number of amides is 1. The quantitative estimate of drug-likeness (QED) is 0.611. The first-order valence-corrected chi connectivity index (χ1v) is 9.42. The van der Waals surface area contributed by atoms with Crippen molar-refractivity contribution in [3.05, 3.63) is 70.0 Å². The van der Waals surface area contributed by atoms with Crippen LogP contribution in [-0.2, 0) is 11.8 Å². The number of nitrogens with zero attached hydrogens (tertiary/aromatic N) is 3. The molecule has 3 rings (SSSR count). The molecule has 5 nitrogen and oxygen atoms in total. The summed E-state index contributed by atoms with van der Waals surface area (Å²) in [5.41, 5.74) is 1.41. The average molecular weight is 407 g/mol. The Balaban J connectivity index is 1.89. The molecule has 8 heteroatoms. The van der Waals surface area contributed by atoms with E-state index in [1.54, 1.807) is 18.2 Å². The predicted octanol–water partition coefficient (Wildman–Crippen LogP) is 4.90. The molecule has 1 heterocycles. The van der Waals surface area contributed by atoms with Gasteiger partial charge in [0.1, 0.15) is 11.1 Å². The molecular formula is C18H16Cl2N4OS. The Morgan fingerprint density at radius 3 is 2.35 bits per heavy atom. The lowest BCUT2D eigenvalue weighted by atomic mass is 10.1. The van der Waals surface area contributed by atoms with Crippen LogP contribution in [-0.4, -0.2) is 20.7 Å². The van der Waals surface area contributed by atoms with Gasteiger partial charge in [0.25, 0.3) is 0 Å². The van der Waals surface area contributed by atoms with Crippen LogP contribution < -0.4 is 5.32 Å². The van der Waals surface area contributed by atoms with E-state index in [-0.39, 0.29) is 5.91 Å². The maximum Gasteiger partial charge on any atom is 0.242 e. The molecule has 1 N–H and O–H groups in total. The number of hydrogen-bond acceptors (Lipinski definition) is 4. The molecule has 134 valence electrons. The van der Waals surface area contributed by atoms with E-state index < -0.39 is 5.25 Å². The summed E-state index contributed by atoms with van der Waals surface area (Å²) >= 11 is 13.4. The van der Waals surface area contributed by atoms with Crippen molar-refractivity contribution >= 4 is 46.6 Å². The summed E-state index contributed by atoms with van der Waals surface area (Å²) in [5.74, 6) is 0.585. The van der Waals surface area contributed by atoms with Crippen molar-refractivity contribution in [1.82, 2.24) is 14.8 Å². The van der Waals surface area contributed by atoms with Crippen LogP contribution in [0, 0.1) is 6.92 Å². The molecule has 1 atom stereocenters. The standard InChI is InChI=1S/C18H16Cl2N4OS/c1-11-22-23-18(24(11)2)26-16(12-6-4-3-5-7-12)17(25)21-15-9-13(19)8-14(20)10-15/h3-10,16H,1-2H3,(H,21,25)/t16-/m1/s1. The Morgan fingerprint density at radius 1 is 1.12 bits per heavy atom. The summed E-state index contributed by atoms with van der Waals surface area (Å²) in [5, 5.41) is 12.2. The fourth-order valence-corrected chi connectivity index (χ4v) is 3.90. The Bertz CT molecular complexity index is 910. The minimum atomic E-state index is -0.503. The SMILES string of the molecule is Cc1nnc(S[C@@H](C(=O)Nc2cc(Cl)cc(Cl)c2)c2ccccc2)n1C. The molecule has 0 fully saturated rings. The molecule has 0 bridgehead atoms. The van der Waals surface area contributed by atoms with E-state index in [4.69, 9.17) is 23.2 Å². The normalized spacial score (nSPS) is 12.0. The smallest absolute Gasteiger partial charge is 0.242 e. The molecule has 2 aromatic carbocycles. The second kappa shape index (κ2) is 8.12. The van der Waals surface area contributed by atoms with E-state index in [0.29, 0.717) is 20.9 Å². The first kappa shape index (κ1) is 18.8. The highest BCUT2D eigenvalue weighted by Crippen LogP contribution is 2.35. The van der Waals surface area contributed by atoms with Crippen LogP contribution in [0.2, 0.25) is 10.0 Å². The zero-order valence-corrected chi connectivity index (χ0v) is 16.4. The van der Waals surface area contributed by atoms with E-state index >= 15 is 0 Å². The fraction of sp³-hybridized carbons (Fsp3) is 0.167. The van der Waals surface area contributed by atoms with E-state index in [1.165, 1.54) is 11.8 Å². The molecule has 0 spiro atoms. The number of benzene rings is 2. The molecule has 0 saturated heterocycles. The Kier molecular flexibility index (Phi) is 5.86. The van der Waals surface area contributed by atoms with Crippen LogP contribution in [0.4, 0.5) is 5.69 Å². The van der Waals surface area contributed by atoms with Crippen LogP contribution in [0.5, 0.6) is 0 Å². The van der Waals surface area contributed by atoms with Gasteiger partial charge in [0.05, 0.1) is 0 Å². The number of rotatable bonds is 5. The van der Waals surface area contributed by atoms with Crippen LogP contribution in [0.15, 0.2) is 53.7 Å². The molecular weight excluding hydrogens is 391 g/mol. The largest absolute Gasteiger partial charge is 0.325 e. The van der Waals surface area contributed by atoms with Crippen molar-refractivity contribution in [2.24, 2.45) is 7.05 Å². The molecule has 26 heavy (non-hydrogen) atoms. The van der Waals surface area contributed by atoms with Crippen molar-refractivity contribution in [2.45, 2.75) is 17.3 Å². The number of aromatic nitrogens is 3. The number of nitrogens with one attached hydrogen (secondary N) is 1. The second-order valence-corrected chi connectivity index (χ2v) is 7.59. The highest BCUT2D eigenvalue weighted by atomic mass is 35.5. The summed E-state index contributed by atoms with van der Waals surface area (Å²) in [7, 11) is 1.87. The van der Waals surface area contributed by atoms with Crippen molar-refractivity contribution in [2.75, 3.05) is 5.32 Å². The number of carbonyl (C=O) groups is 1. The van der Waals surface area contributed by atoms with Crippen LogP contribution in [0.3, 0.4) is 0 Å². The fourth-order valence-electron chi connectivity index (χ4n) is 2.33. The minimum Gasteiger partial charge on any atom is -0.325 e. The van der Waals surface area contributed by atoms with Gasteiger partial charge in [-0.2, -0.15) is 0 Å². The lowest BCUT2D eigenvalue weighted by Crippen LogP contribution is -2.19. The van der Waals surface area contributed by atoms with Gasteiger partial charge in [0, 0.05) is 22.8 Å². The summed E-state index contributed by atoms with van der Waals surface area (Å²) < 4.78 is 1.85. The molecule has 0 aliphatic carbocycles. The monoisotopic (exact) mass is 406 g/mol. The van der Waals surface area contributed by atoms with Crippen LogP contribution in [0.25, 0.3) is 0 Å².